The van der Waals surface area contributed by atoms with E-state index in [-0.39, 0.29) is 17.3 Å². The molecule has 1 amide bonds. The third-order valence-corrected chi connectivity index (χ3v) is 3.17. The molecule has 0 rings (SSSR count). The molecule has 0 bridgehead atoms. The molecule has 130 valence electrons. The van der Waals surface area contributed by atoms with E-state index in [1.54, 1.807) is 0 Å². The Morgan fingerprint density at radius 3 is 2.45 bits per heavy atom. The third kappa shape index (κ3) is 14.0. The number of carbonyl (C=O) groups is 2. The first-order valence-electron chi connectivity index (χ1n) is 8.05. The summed E-state index contributed by atoms with van der Waals surface area (Å²) in [5.41, 5.74) is 5.34. The van der Waals surface area contributed by atoms with E-state index in [1.807, 2.05) is 13.8 Å². The van der Waals surface area contributed by atoms with Gasteiger partial charge in [-0.3, -0.25) is 4.79 Å². The van der Waals surface area contributed by atoms with Crippen LogP contribution in [0.25, 0.3) is 0 Å². The van der Waals surface area contributed by atoms with Crippen LogP contribution in [0.15, 0.2) is 0 Å². The average molecular weight is 316 g/mol. The van der Waals surface area contributed by atoms with Gasteiger partial charge in [0.15, 0.2) is 0 Å². The Labute approximate surface area is 134 Å². The van der Waals surface area contributed by atoms with Gasteiger partial charge in [0.25, 0.3) is 0 Å². The fourth-order valence-electron chi connectivity index (χ4n) is 1.88. The summed E-state index contributed by atoms with van der Waals surface area (Å²) in [4.78, 5) is 22.2. The van der Waals surface area contributed by atoms with Crippen LogP contribution in [0.4, 0.5) is 0 Å². The molecule has 6 heteroatoms. The van der Waals surface area contributed by atoms with E-state index in [1.165, 1.54) is 6.92 Å². The summed E-state index contributed by atoms with van der Waals surface area (Å²) in [6, 6.07) is 0. The molecule has 0 heterocycles. The van der Waals surface area contributed by atoms with Crippen molar-refractivity contribution >= 4 is 11.7 Å². The van der Waals surface area contributed by atoms with Crippen LogP contribution in [-0.2, 0) is 19.1 Å². The summed E-state index contributed by atoms with van der Waals surface area (Å²) in [6.45, 7) is 8.46. The van der Waals surface area contributed by atoms with Crippen molar-refractivity contribution in [3.8, 4) is 0 Å². The molecule has 0 radical (unpaired) electrons. The molecule has 0 aromatic carbocycles. The fourth-order valence-corrected chi connectivity index (χ4v) is 1.88. The molecule has 0 aromatic heterocycles. The highest BCUT2D eigenvalue weighted by molar-refractivity contribution is 5.78. The molecule has 0 atom stereocenters. The first-order chi connectivity index (χ1) is 10.4. The summed E-state index contributed by atoms with van der Waals surface area (Å²) in [5, 5.41) is 2.77. The van der Waals surface area contributed by atoms with Crippen molar-refractivity contribution < 1.29 is 19.1 Å². The zero-order valence-electron chi connectivity index (χ0n) is 14.3. The van der Waals surface area contributed by atoms with Crippen molar-refractivity contribution in [2.45, 2.75) is 58.5 Å². The number of amides is 1. The topological polar surface area (TPSA) is 90.7 Å². The van der Waals surface area contributed by atoms with E-state index in [4.69, 9.17) is 15.2 Å². The van der Waals surface area contributed by atoms with Crippen LogP contribution in [0.3, 0.4) is 0 Å². The van der Waals surface area contributed by atoms with Crippen LogP contribution < -0.4 is 11.1 Å². The Morgan fingerprint density at radius 2 is 1.82 bits per heavy atom. The van der Waals surface area contributed by atoms with Crippen molar-refractivity contribution in [2.24, 2.45) is 5.73 Å². The molecule has 0 aliphatic heterocycles. The minimum absolute atomic E-state index is 0.0308. The summed E-state index contributed by atoms with van der Waals surface area (Å²) < 4.78 is 11.1. The Morgan fingerprint density at radius 1 is 1.09 bits per heavy atom. The van der Waals surface area contributed by atoms with Crippen LogP contribution in [-0.4, -0.2) is 50.2 Å². The molecule has 0 saturated carbocycles. The summed E-state index contributed by atoms with van der Waals surface area (Å²) in [7, 11) is 0. The highest BCUT2D eigenvalue weighted by Crippen LogP contribution is 2.13. The second kappa shape index (κ2) is 12.6. The SMILES string of the molecule is CC(=O)CCCC(=O)NCCOCCCOC(C)(C)CCN. The molecule has 0 aliphatic carbocycles. The monoisotopic (exact) mass is 316 g/mol. The van der Waals surface area contributed by atoms with E-state index in [0.29, 0.717) is 52.2 Å². The van der Waals surface area contributed by atoms with Crippen LogP contribution >= 0.6 is 0 Å². The molecule has 0 fully saturated rings. The third-order valence-electron chi connectivity index (χ3n) is 3.17. The predicted octanol–water partition coefficient (Wildman–Crippen LogP) is 1.41. The second-order valence-electron chi connectivity index (χ2n) is 6.02. The molecule has 6 nitrogen and oxygen atoms in total. The van der Waals surface area contributed by atoms with Crippen molar-refractivity contribution in [3.05, 3.63) is 0 Å². The zero-order chi connectivity index (χ0) is 16.8. The summed E-state index contributed by atoms with van der Waals surface area (Å²) in [6.07, 6.45) is 3.12. The van der Waals surface area contributed by atoms with E-state index in [0.717, 1.165) is 12.8 Å². The summed E-state index contributed by atoms with van der Waals surface area (Å²) >= 11 is 0. The smallest absolute Gasteiger partial charge is 0.220 e. The van der Waals surface area contributed by atoms with Crippen molar-refractivity contribution in [1.29, 1.82) is 0 Å². The normalized spacial score (nSPS) is 11.5. The van der Waals surface area contributed by atoms with Crippen LogP contribution in [0.1, 0.15) is 52.9 Å². The first kappa shape index (κ1) is 21.0. The minimum Gasteiger partial charge on any atom is -0.380 e. The molecule has 0 saturated heterocycles. The Bertz CT molecular complexity index is 319. The molecular formula is C16H32N2O4. The Balaban J connectivity index is 3.36. The van der Waals surface area contributed by atoms with Gasteiger partial charge in [0.2, 0.25) is 5.91 Å². The van der Waals surface area contributed by atoms with Gasteiger partial charge in [-0.15, -0.1) is 0 Å². The molecule has 0 spiro atoms. The quantitative estimate of drug-likeness (QED) is 0.473. The predicted molar refractivity (Wildman–Crippen MR) is 86.7 cm³/mol. The lowest BCUT2D eigenvalue weighted by Crippen LogP contribution is -2.29. The van der Waals surface area contributed by atoms with E-state index < -0.39 is 0 Å². The van der Waals surface area contributed by atoms with Crippen LogP contribution in [0.2, 0.25) is 0 Å². The maximum atomic E-state index is 11.4. The maximum absolute atomic E-state index is 11.4. The number of ether oxygens (including phenoxy) is 2. The van der Waals surface area contributed by atoms with Crippen molar-refractivity contribution in [3.63, 3.8) is 0 Å². The van der Waals surface area contributed by atoms with Gasteiger partial charge in [-0.05, 0) is 46.6 Å². The highest BCUT2D eigenvalue weighted by atomic mass is 16.5. The molecule has 0 unspecified atom stereocenters. The summed E-state index contributed by atoms with van der Waals surface area (Å²) in [5.74, 6) is 0.0877. The molecule has 0 aromatic rings. The van der Waals surface area contributed by atoms with Gasteiger partial charge in [0, 0.05) is 32.6 Å². The number of Topliss-reactive ketones (excluding diaryl/α,β-unsaturated/α-hetero) is 1. The van der Waals surface area contributed by atoms with Gasteiger partial charge in [0.1, 0.15) is 5.78 Å². The molecular weight excluding hydrogens is 284 g/mol. The number of ketones is 1. The average Bonchev–Trinajstić information content (AvgIpc) is 2.41. The van der Waals surface area contributed by atoms with E-state index in [9.17, 15) is 9.59 Å². The fraction of sp³-hybridized carbons (Fsp3) is 0.875. The minimum atomic E-state index is -0.178. The van der Waals surface area contributed by atoms with Gasteiger partial charge in [0.05, 0.1) is 12.2 Å². The van der Waals surface area contributed by atoms with Gasteiger partial charge < -0.3 is 25.3 Å². The van der Waals surface area contributed by atoms with Gasteiger partial charge in [-0.2, -0.15) is 0 Å². The number of hydrogen-bond acceptors (Lipinski definition) is 5. The van der Waals surface area contributed by atoms with Crippen molar-refractivity contribution in [1.82, 2.24) is 5.32 Å². The van der Waals surface area contributed by atoms with Gasteiger partial charge >= 0.3 is 0 Å². The molecule has 3 N–H and O–H groups in total. The van der Waals surface area contributed by atoms with Crippen LogP contribution in [0.5, 0.6) is 0 Å². The Hall–Kier alpha value is -0.980. The largest absolute Gasteiger partial charge is 0.380 e. The number of rotatable bonds is 14. The second-order valence-corrected chi connectivity index (χ2v) is 6.02. The molecule has 22 heavy (non-hydrogen) atoms. The number of nitrogens with one attached hydrogen (secondary N) is 1. The van der Waals surface area contributed by atoms with Crippen LogP contribution in [0, 0.1) is 0 Å². The maximum Gasteiger partial charge on any atom is 0.220 e. The number of carbonyl (C=O) groups excluding carboxylic acids is 2. The highest BCUT2D eigenvalue weighted by Gasteiger charge is 2.16. The Kier molecular flexibility index (Phi) is 12.0. The van der Waals surface area contributed by atoms with E-state index in [2.05, 4.69) is 5.32 Å². The first-order valence-corrected chi connectivity index (χ1v) is 8.05. The lowest BCUT2D eigenvalue weighted by molar-refractivity contribution is -0.121. The van der Waals surface area contributed by atoms with Crippen molar-refractivity contribution in [2.75, 3.05) is 32.9 Å². The molecule has 0 aliphatic rings. The lowest BCUT2D eigenvalue weighted by atomic mass is 10.1. The number of hydrogen-bond donors (Lipinski definition) is 2. The van der Waals surface area contributed by atoms with Gasteiger partial charge in [-0.25, -0.2) is 0 Å². The zero-order valence-corrected chi connectivity index (χ0v) is 14.3. The number of nitrogens with two attached hydrogens (primary N) is 1. The van der Waals surface area contributed by atoms with E-state index >= 15 is 0 Å². The lowest BCUT2D eigenvalue weighted by Gasteiger charge is -2.24. The standard InChI is InChI=1S/C16H32N2O4/c1-14(19)6-4-7-15(20)18-10-13-21-11-5-12-22-16(2,3)8-9-17/h4-13,17H2,1-3H3,(H,18,20). The van der Waals surface area contributed by atoms with Gasteiger partial charge in [-0.1, -0.05) is 0 Å².